The van der Waals surface area contributed by atoms with E-state index in [-0.39, 0.29) is 55.0 Å². The molecule has 10 heteroatoms. The highest BCUT2D eigenvalue weighted by molar-refractivity contribution is 5.89. The number of benzene rings is 2. The second-order valence-corrected chi connectivity index (χ2v) is 10.5. The zero-order valence-electron chi connectivity index (χ0n) is 18.7. The van der Waals surface area contributed by atoms with Crippen molar-refractivity contribution in [1.82, 2.24) is 0 Å². The number of nitrogen functional groups attached to an aromatic ring is 2. The van der Waals surface area contributed by atoms with Gasteiger partial charge in [-0.05, 0) is 73.4 Å². The van der Waals surface area contributed by atoms with Gasteiger partial charge in [0.15, 0.2) is 0 Å². The van der Waals surface area contributed by atoms with E-state index in [0.29, 0.717) is 11.1 Å². The molecule has 2 unspecified atom stereocenters. The van der Waals surface area contributed by atoms with Crippen LogP contribution in [0.4, 0.5) is 11.4 Å². The predicted octanol–water partition coefficient (Wildman–Crippen LogP) is 2.37. The van der Waals surface area contributed by atoms with Crippen molar-refractivity contribution in [3.63, 3.8) is 0 Å². The molecule has 0 saturated heterocycles. The van der Waals surface area contributed by atoms with Crippen molar-refractivity contribution in [2.24, 2.45) is 22.2 Å². The van der Waals surface area contributed by atoms with Crippen molar-refractivity contribution in [3.05, 3.63) is 47.5 Å². The Balaban J connectivity index is 1.91. The van der Waals surface area contributed by atoms with Crippen molar-refractivity contribution >= 4 is 29.3 Å². The average molecular weight is 482 g/mol. The van der Waals surface area contributed by atoms with E-state index >= 15 is 0 Å². The number of rotatable bonds is 5. The SMILES string of the molecule is Nc1cc(C2(c3ccc(O)c(N)c3)C3CC4(C(=O)O)CC(C(=O)O)(C3)CC2(C(=O)O)C4)ccc1O. The third-order valence-corrected chi connectivity index (χ3v) is 8.88. The Morgan fingerprint density at radius 1 is 0.714 bits per heavy atom. The molecule has 0 heterocycles. The lowest BCUT2D eigenvalue weighted by atomic mass is 9.30. The minimum Gasteiger partial charge on any atom is -0.506 e. The Morgan fingerprint density at radius 3 is 1.49 bits per heavy atom. The van der Waals surface area contributed by atoms with Gasteiger partial charge in [0.25, 0.3) is 0 Å². The molecule has 0 spiro atoms. The maximum Gasteiger partial charge on any atom is 0.310 e. The van der Waals surface area contributed by atoms with Gasteiger partial charge < -0.3 is 37.0 Å². The van der Waals surface area contributed by atoms with E-state index in [1.54, 1.807) is 12.1 Å². The molecule has 2 aromatic carbocycles. The summed E-state index contributed by atoms with van der Waals surface area (Å²) < 4.78 is 0. The summed E-state index contributed by atoms with van der Waals surface area (Å²) in [5, 5.41) is 51.5. The highest BCUT2D eigenvalue weighted by atomic mass is 16.4. The summed E-state index contributed by atoms with van der Waals surface area (Å²) in [5.74, 6) is -4.84. The number of aliphatic carboxylic acids is 3. The molecule has 4 fully saturated rings. The van der Waals surface area contributed by atoms with E-state index in [1.807, 2.05) is 0 Å². The van der Waals surface area contributed by atoms with E-state index in [2.05, 4.69) is 0 Å². The first-order chi connectivity index (χ1) is 16.3. The van der Waals surface area contributed by atoms with Crippen LogP contribution in [0.3, 0.4) is 0 Å². The van der Waals surface area contributed by atoms with Crippen LogP contribution in [-0.2, 0) is 19.8 Å². The molecular formula is C25H26N2O8. The second kappa shape index (κ2) is 6.80. The van der Waals surface area contributed by atoms with Gasteiger partial charge in [0.05, 0.1) is 27.6 Å². The number of carboxylic acids is 3. The van der Waals surface area contributed by atoms with Gasteiger partial charge in [-0.25, -0.2) is 0 Å². The topological polar surface area (TPSA) is 204 Å². The first-order valence-electron chi connectivity index (χ1n) is 11.2. The molecular weight excluding hydrogens is 456 g/mol. The number of anilines is 2. The molecule has 184 valence electrons. The summed E-state index contributed by atoms with van der Waals surface area (Å²) in [6.07, 6.45) is -0.570. The van der Waals surface area contributed by atoms with Crippen LogP contribution in [-0.4, -0.2) is 43.4 Å². The van der Waals surface area contributed by atoms with E-state index in [0.717, 1.165) is 0 Å². The Morgan fingerprint density at radius 2 is 1.14 bits per heavy atom. The van der Waals surface area contributed by atoms with Gasteiger partial charge in [-0.3, -0.25) is 14.4 Å². The fraction of sp³-hybridized carbons (Fsp3) is 0.400. The molecule has 0 aliphatic heterocycles. The fourth-order valence-corrected chi connectivity index (χ4v) is 7.86. The Kier molecular flexibility index (Phi) is 4.44. The zero-order valence-corrected chi connectivity index (χ0v) is 18.7. The van der Waals surface area contributed by atoms with Gasteiger partial charge in [-0.2, -0.15) is 0 Å². The minimum atomic E-state index is -1.84. The quantitative estimate of drug-likeness (QED) is 0.245. The molecule has 4 bridgehead atoms. The molecule has 2 atom stereocenters. The fourth-order valence-electron chi connectivity index (χ4n) is 7.86. The summed E-state index contributed by atoms with van der Waals surface area (Å²) in [6, 6.07) is 8.71. The van der Waals surface area contributed by atoms with E-state index in [1.165, 1.54) is 24.3 Å². The van der Waals surface area contributed by atoms with Crippen LogP contribution in [0.2, 0.25) is 0 Å². The average Bonchev–Trinajstić information content (AvgIpc) is 2.77. The molecule has 0 amide bonds. The summed E-state index contributed by atoms with van der Waals surface area (Å²) in [4.78, 5) is 38.4. The summed E-state index contributed by atoms with van der Waals surface area (Å²) in [5.41, 5.74) is 6.60. The molecule has 9 N–H and O–H groups in total. The summed E-state index contributed by atoms with van der Waals surface area (Å²) >= 11 is 0. The molecule has 6 rings (SSSR count). The molecule has 4 aliphatic carbocycles. The number of hydrogen-bond donors (Lipinski definition) is 7. The first-order valence-corrected chi connectivity index (χ1v) is 11.2. The van der Waals surface area contributed by atoms with Crippen molar-refractivity contribution in [2.45, 2.75) is 37.5 Å². The van der Waals surface area contributed by atoms with Gasteiger partial charge in [-0.1, -0.05) is 12.1 Å². The second-order valence-electron chi connectivity index (χ2n) is 10.5. The highest BCUT2D eigenvalue weighted by Crippen LogP contribution is 2.77. The van der Waals surface area contributed by atoms with Gasteiger partial charge in [0, 0.05) is 5.41 Å². The molecule has 0 radical (unpaired) electrons. The lowest BCUT2D eigenvalue weighted by Crippen LogP contribution is -2.73. The first kappa shape index (κ1) is 22.8. The van der Waals surface area contributed by atoms with E-state index in [9.17, 15) is 39.9 Å². The standard InChI is InChI=1S/C25H26N2O8/c26-15-5-12(1-3-17(15)28)25(13-2-4-18(29)16(27)6-13)14-7-22(19(30)31)9-23(8-14,20(32)33)11-24(25,10-22)21(34)35/h1-6,14,28-29H,7-11,26-27H2,(H,30,31)(H,32,33)(H,34,35). The van der Waals surface area contributed by atoms with Crippen molar-refractivity contribution in [3.8, 4) is 11.5 Å². The van der Waals surface area contributed by atoms with Crippen LogP contribution in [0.15, 0.2) is 36.4 Å². The van der Waals surface area contributed by atoms with E-state index in [4.69, 9.17) is 11.5 Å². The Labute approximate surface area is 199 Å². The zero-order chi connectivity index (χ0) is 25.6. The van der Waals surface area contributed by atoms with E-state index < -0.39 is 45.5 Å². The van der Waals surface area contributed by atoms with Gasteiger partial charge in [0.1, 0.15) is 11.5 Å². The molecule has 10 nitrogen and oxygen atoms in total. The maximum atomic E-state index is 13.3. The number of phenolic OH excluding ortho intramolecular Hbond substituents is 2. The third-order valence-electron chi connectivity index (χ3n) is 8.88. The number of aromatic hydroxyl groups is 2. The maximum absolute atomic E-state index is 13.3. The van der Waals surface area contributed by atoms with Crippen molar-refractivity contribution in [1.29, 1.82) is 0 Å². The van der Waals surface area contributed by atoms with Crippen LogP contribution in [0.5, 0.6) is 11.5 Å². The molecule has 4 aliphatic rings. The van der Waals surface area contributed by atoms with Crippen molar-refractivity contribution in [2.75, 3.05) is 11.5 Å². The highest BCUT2D eigenvalue weighted by Gasteiger charge is 2.79. The lowest BCUT2D eigenvalue weighted by Gasteiger charge is -2.70. The normalized spacial score (nSPS) is 32.3. The Bertz CT molecular complexity index is 1220. The van der Waals surface area contributed by atoms with Crippen LogP contribution in [0.25, 0.3) is 0 Å². The number of carbonyl (C=O) groups is 3. The Hall–Kier alpha value is -3.95. The minimum absolute atomic E-state index is 0.00358. The summed E-state index contributed by atoms with van der Waals surface area (Å²) in [7, 11) is 0. The predicted molar refractivity (Wildman–Crippen MR) is 123 cm³/mol. The number of carboxylic acid groups (broad SMARTS) is 3. The largest absolute Gasteiger partial charge is 0.506 e. The van der Waals surface area contributed by atoms with Crippen LogP contribution in [0.1, 0.15) is 43.2 Å². The monoisotopic (exact) mass is 482 g/mol. The van der Waals surface area contributed by atoms with Gasteiger partial charge in [0.2, 0.25) is 0 Å². The molecule has 2 aromatic rings. The van der Waals surface area contributed by atoms with Crippen molar-refractivity contribution < 1.29 is 39.9 Å². The molecule has 35 heavy (non-hydrogen) atoms. The molecule has 4 saturated carbocycles. The van der Waals surface area contributed by atoms with Crippen LogP contribution >= 0.6 is 0 Å². The smallest absolute Gasteiger partial charge is 0.310 e. The van der Waals surface area contributed by atoms with Crippen LogP contribution in [0, 0.1) is 22.2 Å². The number of nitrogens with two attached hydrogens (primary N) is 2. The molecule has 0 aromatic heterocycles. The number of hydrogen-bond acceptors (Lipinski definition) is 7. The lowest BCUT2D eigenvalue weighted by molar-refractivity contribution is -0.226. The van der Waals surface area contributed by atoms with Gasteiger partial charge >= 0.3 is 17.9 Å². The third kappa shape index (κ3) is 2.62. The number of phenols is 2. The van der Waals surface area contributed by atoms with Crippen LogP contribution < -0.4 is 11.5 Å². The van der Waals surface area contributed by atoms with Gasteiger partial charge in [-0.15, -0.1) is 0 Å². The summed E-state index contributed by atoms with van der Waals surface area (Å²) in [6.45, 7) is 0.